The van der Waals surface area contributed by atoms with Crippen LogP contribution in [0.3, 0.4) is 0 Å². The molecule has 2 N–H and O–H groups in total. The van der Waals surface area contributed by atoms with Gasteiger partial charge < -0.3 is 24.6 Å². The summed E-state index contributed by atoms with van der Waals surface area (Å²) in [5, 5.41) is 12.8. The predicted octanol–water partition coefficient (Wildman–Crippen LogP) is 1.06. The van der Waals surface area contributed by atoms with Crippen molar-refractivity contribution in [2.75, 3.05) is 40.0 Å². The Bertz CT molecular complexity index is 329. The van der Waals surface area contributed by atoms with Crippen molar-refractivity contribution < 1.29 is 19.3 Å². The van der Waals surface area contributed by atoms with Gasteiger partial charge >= 0.3 is 0 Å². The molecule has 0 aliphatic rings. The van der Waals surface area contributed by atoms with Crippen LogP contribution in [0.5, 0.6) is 11.5 Å². The number of benzene rings is 1. The SMILES string of the molecule is CCOc1ccc(OC[C@@H](O)CNCCOC)cc1. The normalized spacial score (nSPS) is 12.2. The molecule has 1 atom stereocenters. The van der Waals surface area contributed by atoms with Gasteiger partial charge in [-0.3, -0.25) is 0 Å². The molecule has 0 amide bonds. The molecule has 5 nitrogen and oxygen atoms in total. The minimum Gasteiger partial charge on any atom is -0.494 e. The van der Waals surface area contributed by atoms with Gasteiger partial charge in [-0.05, 0) is 31.2 Å². The van der Waals surface area contributed by atoms with Crippen molar-refractivity contribution >= 4 is 0 Å². The first-order chi connectivity index (χ1) is 9.26. The lowest BCUT2D eigenvalue weighted by Gasteiger charge is -2.13. The van der Waals surface area contributed by atoms with Gasteiger partial charge in [0.05, 0.1) is 13.2 Å². The molecule has 0 spiro atoms. The molecule has 0 bridgehead atoms. The standard InChI is InChI=1S/C14H23NO4/c1-3-18-13-4-6-14(7-5-13)19-11-12(16)10-15-8-9-17-2/h4-7,12,15-16H,3,8-11H2,1-2H3/t12-/m0/s1. The summed E-state index contributed by atoms with van der Waals surface area (Å²) in [6.07, 6.45) is -0.538. The van der Waals surface area contributed by atoms with E-state index in [2.05, 4.69) is 5.32 Å². The van der Waals surface area contributed by atoms with E-state index in [1.807, 2.05) is 31.2 Å². The number of rotatable bonds is 10. The Labute approximate surface area is 114 Å². The average Bonchev–Trinajstić information content (AvgIpc) is 2.43. The third-order valence-electron chi connectivity index (χ3n) is 2.44. The maximum atomic E-state index is 9.70. The van der Waals surface area contributed by atoms with Crippen LogP contribution in [0.4, 0.5) is 0 Å². The van der Waals surface area contributed by atoms with Gasteiger partial charge in [0.2, 0.25) is 0 Å². The molecule has 1 rings (SSSR count). The van der Waals surface area contributed by atoms with Crippen molar-refractivity contribution in [3.63, 3.8) is 0 Å². The highest BCUT2D eigenvalue weighted by Gasteiger charge is 2.04. The fraction of sp³-hybridized carbons (Fsp3) is 0.571. The van der Waals surface area contributed by atoms with E-state index in [1.54, 1.807) is 7.11 Å². The lowest BCUT2D eigenvalue weighted by atomic mass is 10.3. The van der Waals surface area contributed by atoms with Crippen molar-refractivity contribution in [1.29, 1.82) is 0 Å². The van der Waals surface area contributed by atoms with Gasteiger partial charge in [-0.1, -0.05) is 0 Å². The van der Waals surface area contributed by atoms with Crippen LogP contribution in [0.2, 0.25) is 0 Å². The number of hydrogen-bond acceptors (Lipinski definition) is 5. The molecule has 5 heteroatoms. The van der Waals surface area contributed by atoms with E-state index >= 15 is 0 Å². The first kappa shape index (κ1) is 15.8. The number of aliphatic hydroxyl groups is 1. The fourth-order valence-electron chi connectivity index (χ4n) is 1.49. The molecule has 0 aliphatic carbocycles. The third-order valence-corrected chi connectivity index (χ3v) is 2.44. The minimum absolute atomic E-state index is 0.258. The second kappa shape index (κ2) is 9.61. The van der Waals surface area contributed by atoms with E-state index in [1.165, 1.54) is 0 Å². The Morgan fingerprint density at radius 3 is 2.37 bits per heavy atom. The van der Waals surface area contributed by atoms with Crippen molar-refractivity contribution in [1.82, 2.24) is 5.32 Å². The fourth-order valence-corrected chi connectivity index (χ4v) is 1.49. The maximum Gasteiger partial charge on any atom is 0.119 e. The summed E-state index contributed by atoms with van der Waals surface area (Å²) in [6.45, 7) is 4.68. The van der Waals surface area contributed by atoms with Crippen LogP contribution in [0.1, 0.15) is 6.92 Å². The second-order valence-corrected chi connectivity index (χ2v) is 4.07. The van der Waals surface area contributed by atoms with Gasteiger partial charge in [0, 0.05) is 20.2 Å². The van der Waals surface area contributed by atoms with Gasteiger partial charge in [0.25, 0.3) is 0 Å². The zero-order chi connectivity index (χ0) is 13.9. The predicted molar refractivity (Wildman–Crippen MR) is 73.9 cm³/mol. The summed E-state index contributed by atoms with van der Waals surface area (Å²) < 4.78 is 15.7. The Morgan fingerprint density at radius 1 is 1.16 bits per heavy atom. The zero-order valence-electron chi connectivity index (χ0n) is 11.6. The molecule has 1 aromatic rings. The molecule has 0 aromatic heterocycles. The Morgan fingerprint density at radius 2 is 1.79 bits per heavy atom. The number of methoxy groups -OCH3 is 1. The van der Waals surface area contributed by atoms with Gasteiger partial charge in [-0.2, -0.15) is 0 Å². The second-order valence-electron chi connectivity index (χ2n) is 4.07. The lowest BCUT2D eigenvalue weighted by molar-refractivity contribution is 0.103. The highest BCUT2D eigenvalue weighted by atomic mass is 16.5. The molecule has 0 saturated carbocycles. The van der Waals surface area contributed by atoms with Gasteiger partial charge in [0.1, 0.15) is 24.2 Å². The summed E-state index contributed by atoms with van der Waals surface area (Å²) in [7, 11) is 1.65. The quantitative estimate of drug-likeness (QED) is 0.622. The number of ether oxygens (including phenoxy) is 3. The van der Waals surface area contributed by atoms with Crippen LogP contribution < -0.4 is 14.8 Å². The molecule has 1 aromatic carbocycles. The van der Waals surface area contributed by atoms with Gasteiger partial charge in [-0.15, -0.1) is 0 Å². The van der Waals surface area contributed by atoms with Gasteiger partial charge in [0.15, 0.2) is 0 Å². The molecular weight excluding hydrogens is 246 g/mol. The Balaban J connectivity index is 2.20. The number of nitrogens with one attached hydrogen (secondary N) is 1. The monoisotopic (exact) mass is 269 g/mol. The van der Waals surface area contributed by atoms with Crippen LogP contribution in [0, 0.1) is 0 Å². The van der Waals surface area contributed by atoms with Crippen LogP contribution in [0.25, 0.3) is 0 Å². The lowest BCUT2D eigenvalue weighted by Crippen LogP contribution is -2.33. The number of aliphatic hydroxyl groups excluding tert-OH is 1. The molecule has 0 aliphatic heterocycles. The summed E-state index contributed by atoms with van der Waals surface area (Å²) in [5.74, 6) is 1.54. The first-order valence-corrected chi connectivity index (χ1v) is 6.49. The van der Waals surface area contributed by atoms with Crippen LogP contribution >= 0.6 is 0 Å². The van der Waals surface area contributed by atoms with Crippen molar-refractivity contribution in [2.24, 2.45) is 0 Å². The Kier molecular flexibility index (Phi) is 7.97. The topological polar surface area (TPSA) is 60.0 Å². The molecule has 0 radical (unpaired) electrons. The van der Waals surface area contributed by atoms with Crippen molar-refractivity contribution in [3.05, 3.63) is 24.3 Å². The molecule has 0 heterocycles. The largest absolute Gasteiger partial charge is 0.494 e. The summed E-state index contributed by atoms with van der Waals surface area (Å²) >= 11 is 0. The molecule has 0 unspecified atom stereocenters. The molecule has 0 saturated heterocycles. The van der Waals surface area contributed by atoms with E-state index < -0.39 is 6.10 Å². The van der Waals surface area contributed by atoms with E-state index in [0.29, 0.717) is 19.8 Å². The number of hydrogen-bond donors (Lipinski definition) is 2. The van der Waals surface area contributed by atoms with Gasteiger partial charge in [-0.25, -0.2) is 0 Å². The summed E-state index contributed by atoms with van der Waals surface area (Å²) in [4.78, 5) is 0. The zero-order valence-corrected chi connectivity index (χ0v) is 11.6. The van der Waals surface area contributed by atoms with Crippen molar-refractivity contribution in [2.45, 2.75) is 13.0 Å². The van der Waals surface area contributed by atoms with E-state index in [0.717, 1.165) is 18.0 Å². The first-order valence-electron chi connectivity index (χ1n) is 6.49. The van der Waals surface area contributed by atoms with E-state index in [9.17, 15) is 5.11 Å². The molecule has 19 heavy (non-hydrogen) atoms. The maximum absolute atomic E-state index is 9.70. The van der Waals surface area contributed by atoms with Crippen LogP contribution in [-0.2, 0) is 4.74 Å². The molecule has 108 valence electrons. The smallest absolute Gasteiger partial charge is 0.119 e. The molecular formula is C14H23NO4. The highest BCUT2D eigenvalue weighted by Crippen LogP contribution is 2.17. The summed E-state index contributed by atoms with van der Waals surface area (Å²) in [5.41, 5.74) is 0. The van der Waals surface area contributed by atoms with E-state index in [4.69, 9.17) is 14.2 Å². The molecule has 0 fully saturated rings. The Hall–Kier alpha value is -1.30. The minimum atomic E-state index is -0.538. The average molecular weight is 269 g/mol. The van der Waals surface area contributed by atoms with Crippen LogP contribution in [0.15, 0.2) is 24.3 Å². The highest BCUT2D eigenvalue weighted by molar-refractivity contribution is 5.31. The van der Waals surface area contributed by atoms with E-state index in [-0.39, 0.29) is 6.61 Å². The summed E-state index contributed by atoms with van der Waals surface area (Å²) in [6, 6.07) is 7.36. The third kappa shape index (κ3) is 7.00. The van der Waals surface area contributed by atoms with Crippen molar-refractivity contribution in [3.8, 4) is 11.5 Å². The van der Waals surface area contributed by atoms with Crippen LogP contribution in [-0.4, -0.2) is 51.2 Å².